The second-order valence-electron chi connectivity index (χ2n) is 10.3. The number of piperidine rings is 1. The van der Waals surface area contributed by atoms with E-state index < -0.39 is 18.1 Å². The van der Waals surface area contributed by atoms with Crippen LogP contribution in [0.3, 0.4) is 0 Å². The highest BCUT2D eigenvalue weighted by Gasteiger charge is 2.33. The van der Waals surface area contributed by atoms with Gasteiger partial charge in [0.05, 0.1) is 6.61 Å². The minimum atomic E-state index is -0.738. The zero-order valence-electron chi connectivity index (χ0n) is 23.6. The average molecular weight is 566 g/mol. The Bertz CT molecular complexity index is 1150. The number of nitrogens with one attached hydrogen (secondary N) is 1. The van der Waals surface area contributed by atoms with Crippen LogP contribution >= 0.6 is 0 Å². The van der Waals surface area contributed by atoms with Crippen molar-refractivity contribution in [2.75, 3.05) is 50.8 Å². The Balaban J connectivity index is 1.34. The van der Waals surface area contributed by atoms with Crippen molar-refractivity contribution in [3.05, 3.63) is 60.4 Å². The minimum absolute atomic E-state index is 0.110. The maximum Gasteiger partial charge on any atom is 0.408 e. The van der Waals surface area contributed by atoms with Crippen LogP contribution in [-0.2, 0) is 30.5 Å². The summed E-state index contributed by atoms with van der Waals surface area (Å²) in [5.41, 5.74) is 1.92. The number of carbonyl (C=O) groups excluding carboxylic acids is 4. The van der Waals surface area contributed by atoms with Crippen molar-refractivity contribution < 1.29 is 28.7 Å². The van der Waals surface area contributed by atoms with E-state index in [9.17, 15) is 19.2 Å². The number of rotatable bonds is 10. The van der Waals surface area contributed by atoms with Gasteiger partial charge in [-0.2, -0.15) is 0 Å². The van der Waals surface area contributed by atoms with Gasteiger partial charge in [-0.05, 0) is 49.8 Å². The molecule has 0 spiro atoms. The number of piperazine rings is 1. The highest BCUT2D eigenvalue weighted by Crippen LogP contribution is 2.24. The van der Waals surface area contributed by atoms with Gasteiger partial charge < -0.3 is 29.5 Å². The molecule has 1 N–H and O–H groups in total. The zero-order chi connectivity index (χ0) is 29.0. The van der Waals surface area contributed by atoms with Crippen LogP contribution in [0.2, 0.25) is 0 Å². The number of carbonyl (C=O) groups is 4. The average Bonchev–Trinajstić information content (AvgIpc) is 3.01. The van der Waals surface area contributed by atoms with E-state index >= 15 is 0 Å². The van der Waals surface area contributed by atoms with Crippen LogP contribution in [0.4, 0.5) is 10.5 Å². The summed E-state index contributed by atoms with van der Waals surface area (Å²) in [7, 11) is 0. The molecular formula is C30H39N5O6. The van der Waals surface area contributed by atoms with Crippen molar-refractivity contribution in [2.45, 2.75) is 45.3 Å². The molecule has 0 radical (unpaired) electrons. The van der Waals surface area contributed by atoms with E-state index in [1.54, 1.807) is 29.1 Å². The molecule has 1 aromatic carbocycles. The number of esters is 1. The van der Waals surface area contributed by atoms with E-state index in [0.29, 0.717) is 58.5 Å². The van der Waals surface area contributed by atoms with Crippen LogP contribution < -0.4 is 10.2 Å². The highest BCUT2D eigenvalue weighted by atomic mass is 16.5. The molecule has 1 aromatic heterocycles. The fourth-order valence-electron chi connectivity index (χ4n) is 5.29. The van der Waals surface area contributed by atoms with Crippen LogP contribution in [-0.4, -0.2) is 90.6 Å². The lowest BCUT2D eigenvalue weighted by atomic mass is 9.89. The highest BCUT2D eigenvalue weighted by molar-refractivity contribution is 5.94. The smallest absolute Gasteiger partial charge is 0.408 e. The molecule has 0 bridgehead atoms. The number of alkyl carbamates (subject to hydrolysis) is 1. The third-order valence-electron chi connectivity index (χ3n) is 7.56. The summed E-state index contributed by atoms with van der Waals surface area (Å²) in [4.78, 5) is 60.4. The van der Waals surface area contributed by atoms with Crippen molar-refractivity contribution in [3.63, 3.8) is 0 Å². The quantitative estimate of drug-likeness (QED) is 0.345. The van der Waals surface area contributed by atoms with Crippen LogP contribution in [0.5, 0.6) is 0 Å². The molecule has 220 valence electrons. The molecule has 2 aromatic rings. The number of aromatic nitrogens is 1. The number of hydrogen-bond acceptors (Lipinski definition) is 8. The predicted molar refractivity (Wildman–Crippen MR) is 152 cm³/mol. The molecule has 2 aliphatic heterocycles. The maximum atomic E-state index is 13.7. The summed E-state index contributed by atoms with van der Waals surface area (Å²) in [6, 6.07) is 12.5. The molecule has 41 heavy (non-hydrogen) atoms. The Morgan fingerprint density at radius 1 is 0.902 bits per heavy atom. The largest absolute Gasteiger partial charge is 0.466 e. The Hall–Kier alpha value is -4.15. The number of amides is 3. The molecular weight excluding hydrogens is 526 g/mol. The summed E-state index contributed by atoms with van der Waals surface area (Å²) in [5, 5.41) is 2.83. The SMILES string of the molecule is CCOC(=O)CC(=O)N1CCC(CC(NC(=O)OCc2ccccc2)C(=O)N2CCN(c3ccncc3)CC2)CC1. The second kappa shape index (κ2) is 15.0. The molecule has 1 unspecified atom stereocenters. The first-order valence-electron chi connectivity index (χ1n) is 14.3. The molecule has 0 saturated carbocycles. The van der Waals surface area contributed by atoms with E-state index in [1.165, 1.54) is 0 Å². The Morgan fingerprint density at radius 3 is 2.24 bits per heavy atom. The minimum Gasteiger partial charge on any atom is -0.466 e. The molecule has 11 nitrogen and oxygen atoms in total. The molecule has 3 heterocycles. The van der Waals surface area contributed by atoms with Gasteiger partial charge in [-0.1, -0.05) is 30.3 Å². The predicted octanol–water partition coefficient (Wildman–Crippen LogP) is 2.61. The van der Waals surface area contributed by atoms with Crippen LogP contribution in [0.1, 0.15) is 38.2 Å². The molecule has 4 rings (SSSR count). The Kier molecular flexibility index (Phi) is 10.9. The van der Waals surface area contributed by atoms with Crippen molar-refractivity contribution in [1.82, 2.24) is 20.1 Å². The number of hydrogen-bond donors (Lipinski definition) is 1. The van der Waals surface area contributed by atoms with Crippen LogP contribution in [0, 0.1) is 5.92 Å². The van der Waals surface area contributed by atoms with Crippen molar-refractivity contribution in [2.24, 2.45) is 5.92 Å². The van der Waals surface area contributed by atoms with Gasteiger partial charge in [0.25, 0.3) is 0 Å². The van der Waals surface area contributed by atoms with E-state index in [4.69, 9.17) is 9.47 Å². The normalized spacial score (nSPS) is 16.6. The van der Waals surface area contributed by atoms with Crippen LogP contribution in [0.25, 0.3) is 0 Å². The number of ether oxygens (including phenoxy) is 2. The Labute approximate surface area is 240 Å². The molecule has 11 heteroatoms. The third-order valence-corrected chi connectivity index (χ3v) is 7.56. The first-order chi connectivity index (χ1) is 19.9. The lowest BCUT2D eigenvalue weighted by molar-refractivity contribution is -0.149. The van der Waals surface area contributed by atoms with Gasteiger partial charge in [0.2, 0.25) is 11.8 Å². The third kappa shape index (κ3) is 8.92. The van der Waals surface area contributed by atoms with E-state index in [0.717, 1.165) is 11.3 Å². The van der Waals surface area contributed by atoms with Gasteiger partial charge in [0.15, 0.2) is 0 Å². The standard InChI is InChI=1S/C30H39N5O6/c1-2-40-28(37)21-27(36)34-14-10-23(11-15-34)20-26(32-30(39)41-22-24-6-4-3-5-7-24)29(38)35-18-16-33(17-19-35)25-8-12-31-13-9-25/h3-9,12-13,23,26H,2,10-11,14-22H2,1H3,(H,32,39). The molecule has 0 aliphatic carbocycles. The summed E-state index contributed by atoms with van der Waals surface area (Å²) in [6.45, 7) is 5.49. The number of benzene rings is 1. The monoisotopic (exact) mass is 565 g/mol. The lowest BCUT2D eigenvalue weighted by Crippen LogP contribution is -2.55. The molecule has 2 aliphatic rings. The summed E-state index contributed by atoms with van der Waals surface area (Å²) >= 11 is 0. The first kappa shape index (κ1) is 29.8. The first-order valence-corrected chi connectivity index (χ1v) is 14.3. The van der Waals surface area contributed by atoms with E-state index in [1.807, 2.05) is 42.5 Å². The van der Waals surface area contributed by atoms with Crippen molar-refractivity contribution >= 4 is 29.6 Å². The van der Waals surface area contributed by atoms with Gasteiger partial charge in [-0.25, -0.2) is 4.79 Å². The fraction of sp³-hybridized carbons (Fsp3) is 0.500. The number of nitrogens with zero attached hydrogens (tertiary/aromatic N) is 4. The topological polar surface area (TPSA) is 121 Å². The lowest BCUT2D eigenvalue weighted by Gasteiger charge is -2.38. The Morgan fingerprint density at radius 2 is 1.59 bits per heavy atom. The van der Waals surface area contributed by atoms with Crippen molar-refractivity contribution in [3.8, 4) is 0 Å². The second-order valence-corrected chi connectivity index (χ2v) is 10.3. The van der Waals surface area contributed by atoms with E-state index in [-0.39, 0.29) is 37.4 Å². The van der Waals surface area contributed by atoms with Crippen LogP contribution in [0.15, 0.2) is 54.9 Å². The summed E-state index contributed by atoms with van der Waals surface area (Å²) in [6.07, 6.45) is 4.41. The zero-order valence-corrected chi connectivity index (χ0v) is 23.6. The molecule has 2 fully saturated rings. The number of anilines is 1. The van der Waals surface area contributed by atoms with Gasteiger partial charge in [-0.15, -0.1) is 0 Å². The van der Waals surface area contributed by atoms with Gasteiger partial charge >= 0.3 is 12.1 Å². The van der Waals surface area contributed by atoms with Gasteiger partial charge in [-0.3, -0.25) is 19.4 Å². The van der Waals surface area contributed by atoms with Gasteiger partial charge in [0.1, 0.15) is 19.1 Å². The van der Waals surface area contributed by atoms with Gasteiger partial charge in [0, 0.05) is 57.3 Å². The summed E-state index contributed by atoms with van der Waals surface area (Å²) in [5.74, 6) is -0.767. The maximum absolute atomic E-state index is 13.7. The summed E-state index contributed by atoms with van der Waals surface area (Å²) < 4.78 is 10.3. The van der Waals surface area contributed by atoms with Crippen molar-refractivity contribution in [1.29, 1.82) is 0 Å². The molecule has 3 amide bonds. The van der Waals surface area contributed by atoms with E-state index in [2.05, 4.69) is 15.2 Å². The molecule has 1 atom stereocenters. The number of likely N-dealkylation sites (tertiary alicyclic amines) is 1. The number of pyridine rings is 1. The fourth-order valence-corrected chi connectivity index (χ4v) is 5.29. The molecule has 2 saturated heterocycles.